The van der Waals surface area contributed by atoms with E-state index in [1.165, 1.54) is 16.5 Å². The summed E-state index contributed by atoms with van der Waals surface area (Å²) in [7, 11) is 0. The molecule has 0 saturated carbocycles. The molecule has 5 aromatic rings. The predicted molar refractivity (Wildman–Crippen MR) is 129 cm³/mol. The number of nitrogen functional groups attached to an aromatic ring is 2. The van der Waals surface area contributed by atoms with E-state index >= 15 is 0 Å². The van der Waals surface area contributed by atoms with Crippen LogP contribution in [0.3, 0.4) is 0 Å². The normalized spacial score (nSPS) is 11.2. The van der Waals surface area contributed by atoms with Crippen LogP contribution in [0.25, 0.3) is 15.9 Å². The van der Waals surface area contributed by atoms with Gasteiger partial charge in [0, 0.05) is 5.69 Å². The van der Waals surface area contributed by atoms with E-state index in [1.54, 1.807) is 23.1 Å². The summed E-state index contributed by atoms with van der Waals surface area (Å²) in [6, 6.07) is 18.1. The van der Waals surface area contributed by atoms with E-state index in [1.807, 2.05) is 53.1 Å². The number of anilines is 2. The van der Waals surface area contributed by atoms with Crippen molar-refractivity contribution < 1.29 is 0 Å². The quantitative estimate of drug-likeness (QED) is 0.332. The highest BCUT2D eigenvalue weighted by Gasteiger charge is 2.16. The van der Waals surface area contributed by atoms with E-state index < -0.39 is 0 Å². The van der Waals surface area contributed by atoms with Crippen molar-refractivity contribution in [3.8, 4) is 5.69 Å². The third kappa shape index (κ3) is 4.52. The van der Waals surface area contributed by atoms with Gasteiger partial charge in [0.25, 0.3) is 0 Å². The Morgan fingerprint density at radius 2 is 1.53 bits per heavy atom. The molecule has 0 bridgehead atoms. The molecule has 0 aliphatic heterocycles. The van der Waals surface area contributed by atoms with Gasteiger partial charge in [-0.25, -0.2) is 4.98 Å². The van der Waals surface area contributed by atoms with E-state index in [9.17, 15) is 0 Å². The van der Waals surface area contributed by atoms with Crippen LogP contribution in [-0.4, -0.2) is 34.7 Å². The minimum Gasteiger partial charge on any atom is -0.368 e. The summed E-state index contributed by atoms with van der Waals surface area (Å²) < 4.78 is 4.21. The van der Waals surface area contributed by atoms with Gasteiger partial charge in [-0.3, -0.25) is 4.57 Å². The summed E-state index contributed by atoms with van der Waals surface area (Å²) in [5.74, 6) is 2.60. The number of para-hydroxylation sites is 2. The van der Waals surface area contributed by atoms with E-state index in [-0.39, 0.29) is 11.9 Å². The van der Waals surface area contributed by atoms with Crippen molar-refractivity contribution in [2.75, 3.05) is 11.5 Å². The smallest absolute Gasteiger partial charge is 0.225 e. The van der Waals surface area contributed by atoms with E-state index in [4.69, 9.17) is 16.5 Å². The van der Waals surface area contributed by atoms with Gasteiger partial charge in [0.1, 0.15) is 11.6 Å². The predicted octanol–water partition coefficient (Wildman–Crippen LogP) is 3.81. The molecule has 0 fully saturated rings. The molecule has 3 aromatic heterocycles. The molecule has 0 aliphatic rings. The number of nitrogens with two attached hydrogens (primary N) is 2. The number of thioether (sulfide) groups is 2. The number of fused-ring (bicyclic) bond motifs is 1. The zero-order chi connectivity index (χ0) is 21.9. The Bertz CT molecular complexity index is 1310. The molecule has 0 saturated heterocycles. The SMILES string of the molecule is Nc1nc(N)nc(CSc2nnc(CSc3nc4ccccc4s3)n2-c2ccccc2)n1. The maximum absolute atomic E-state index is 5.68. The number of hydrogen-bond acceptors (Lipinski definition) is 11. The summed E-state index contributed by atoms with van der Waals surface area (Å²) in [5, 5.41) is 9.60. The molecule has 0 radical (unpaired) electrons. The van der Waals surface area contributed by atoms with Crippen LogP contribution in [0.2, 0.25) is 0 Å². The molecule has 0 amide bonds. The lowest BCUT2D eigenvalue weighted by Crippen LogP contribution is -2.06. The van der Waals surface area contributed by atoms with Gasteiger partial charge in [-0.15, -0.1) is 21.5 Å². The third-order valence-corrected chi connectivity index (χ3v) is 7.46. The number of hydrogen-bond donors (Lipinski definition) is 2. The van der Waals surface area contributed by atoms with Crippen molar-refractivity contribution in [2.24, 2.45) is 0 Å². The van der Waals surface area contributed by atoms with Crippen LogP contribution in [0.15, 0.2) is 64.1 Å². The zero-order valence-corrected chi connectivity index (χ0v) is 19.1. The monoisotopic (exact) mass is 479 g/mol. The first-order valence-corrected chi connectivity index (χ1v) is 12.3. The highest BCUT2D eigenvalue weighted by Crippen LogP contribution is 2.32. The Balaban J connectivity index is 1.40. The number of aromatic nitrogens is 7. The Labute approximate surface area is 195 Å². The van der Waals surface area contributed by atoms with Crippen molar-refractivity contribution in [3.63, 3.8) is 0 Å². The lowest BCUT2D eigenvalue weighted by molar-refractivity contribution is 0.862. The Kier molecular flexibility index (Phi) is 5.88. The fraction of sp³-hybridized carbons (Fsp3) is 0.100. The molecular weight excluding hydrogens is 462 g/mol. The van der Waals surface area contributed by atoms with Crippen LogP contribution >= 0.6 is 34.9 Å². The van der Waals surface area contributed by atoms with E-state index in [0.717, 1.165) is 26.5 Å². The van der Waals surface area contributed by atoms with Gasteiger partial charge < -0.3 is 11.5 Å². The second-order valence-corrected chi connectivity index (χ2v) is 9.76. The molecule has 160 valence electrons. The van der Waals surface area contributed by atoms with Crippen molar-refractivity contribution in [1.82, 2.24) is 34.7 Å². The average Bonchev–Trinajstić information content (AvgIpc) is 3.39. The summed E-state index contributed by atoms with van der Waals surface area (Å²) in [6.45, 7) is 0. The van der Waals surface area contributed by atoms with Crippen molar-refractivity contribution in [3.05, 3.63) is 66.2 Å². The van der Waals surface area contributed by atoms with Crippen LogP contribution in [0.1, 0.15) is 11.6 Å². The van der Waals surface area contributed by atoms with Crippen molar-refractivity contribution in [2.45, 2.75) is 21.0 Å². The summed E-state index contributed by atoms with van der Waals surface area (Å²) in [6.07, 6.45) is 0. The van der Waals surface area contributed by atoms with E-state index in [0.29, 0.717) is 17.3 Å². The third-order valence-electron chi connectivity index (χ3n) is 4.36. The topological polar surface area (TPSA) is 134 Å². The fourth-order valence-corrected chi connectivity index (χ4v) is 5.82. The Hall–Kier alpha value is -3.22. The fourth-order valence-electron chi connectivity index (χ4n) is 3.01. The number of benzene rings is 2. The average molecular weight is 480 g/mol. The Morgan fingerprint density at radius 3 is 2.31 bits per heavy atom. The first-order valence-electron chi connectivity index (χ1n) is 9.52. The van der Waals surface area contributed by atoms with Gasteiger partial charge in [0.2, 0.25) is 11.9 Å². The van der Waals surface area contributed by atoms with Gasteiger partial charge in [-0.05, 0) is 24.3 Å². The molecule has 0 spiro atoms. The van der Waals surface area contributed by atoms with Gasteiger partial charge >= 0.3 is 0 Å². The molecule has 5 rings (SSSR count). The van der Waals surface area contributed by atoms with Crippen molar-refractivity contribution in [1.29, 1.82) is 0 Å². The van der Waals surface area contributed by atoms with Crippen LogP contribution < -0.4 is 11.5 Å². The highest BCUT2D eigenvalue weighted by atomic mass is 32.2. The second kappa shape index (κ2) is 9.10. The number of thiazole rings is 1. The van der Waals surface area contributed by atoms with Crippen LogP contribution in [-0.2, 0) is 11.5 Å². The molecule has 0 aliphatic carbocycles. The number of rotatable bonds is 7. The second-order valence-electron chi connectivity index (χ2n) is 6.56. The summed E-state index contributed by atoms with van der Waals surface area (Å²) >= 11 is 4.79. The summed E-state index contributed by atoms with van der Waals surface area (Å²) in [5.41, 5.74) is 13.4. The molecule has 2 aromatic carbocycles. The van der Waals surface area contributed by atoms with Crippen LogP contribution in [0.4, 0.5) is 11.9 Å². The number of nitrogens with zero attached hydrogens (tertiary/aromatic N) is 7. The maximum atomic E-state index is 5.68. The van der Waals surface area contributed by atoms with Gasteiger partial charge in [0.05, 0.1) is 21.7 Å². The molecule has 9 nitrogen and oxygen atoms in total. The molecule has 3 heterocycles. The van der Waals surface area contributed by atoms with Crippen LogP contribution in [0, 0.1) is 0 Å². The molecule has 32 heavy (non-hydrogen) atoms. The molecule has 0 atom stereocenters. The molecule has 0 unspecified atom stereocenters. The largest absolute Gasteiger partial charge is 0.368 e. The van der Waals surface area contributed by atoms with Gasteiger partial charge in [0.15, 0.2) is 9.50 Å². The highest BCUT2D eigenvalue weighted by molar-refractivity contribution is 8.00. The molecule has 4 N–H and O–H groups in total. The standard InChI is InChI=1S/C20H17N9S3/c21-17-24-15(25-18(22)26-17)10-30-19-28-27-16(29(19)12-6-2-1-3-7-12)11-31-20-23-13-8-4-5-9-14(13)32-20/h1-9H,10-11H2,(H4,21,22,24,25,26). The first kappa shape index (κ1) is 20.7. The molecular formula is C20H17N9S3. The summed E-state index contributed by atoms with van der Waals surface area (Å²) in [4.78, 5) is 16.8. The first-order chi connectivity index (χ1) is 15.7. The lowest BCUT2D eigenvalue weighted by Gasteiger charge is -2.09. The lowest BCUT2D eigenvalue weighted by atomic mass is 10.3. The maximum Gasteiger partial charge on any atom is 0.225 e. The minimum atomic E-state index is 0.102. The molecule has 12 heteroatoms. The zero-order valence-electron chi connectivity index (χ0n) is 16.6. The van der Waals surface area contributed by atoms with Crippen molar-refractivity contribution >= 4 is 57.0 Å². The van der Waals surface area contributed by atoms with Crippen LogP contribution in [0.5, 0.6) is 0 Å². The van der Waals surface area contributed by atoms with Gasteiger partial charge in [-0.1, -0.05) is 53.9 Å². The Morgan fingerprint density at radius 1 is 0.781 bits per heavy atom. The minimum absolute atomic E-state index is 0.102. The van der Waals surface area contributed by atoms with E-state index in [2.05, 4.69) is 31.2 Å². The van der Waals surface area contributed by atoms with Gasteiger partial charge in [-0.2, -0.15) is 15.0 Å².